The Hall–Kier alpha value is -0.990. The lowest BCUT2D eigenvalue weighted by Gasteiger charge is -2.11. The molecule has 0 aromatic rings. The Bertz CT molecular complexity index is 173. The molecule has 0 saturated heterocycles. The van der Waals surface area contributed by atoms with Gasteiger partial charge in [0.1, 0.15) is 0 Å². The van der Waals surface area contributed by atoms with Crippen molar-refractivity contribution >= 4 is 5.97 Å². The normalized spacial score (nSPS) is 17.2. The fourth-order valence-electron chi connectivity index (χ4n) is 0.960. The third-order valence-electron chi connectivity index (χ3n) is 1.71. The Morgan fingerprint density at radius 3 is 2.82 bits per heavy atom. The quantitative estimate of drug-likeness (QED) is 0.614. The Morgan fingerprint density at radius 1 is 1.73 bits per heavy atom. The molecule has 1 aliphatic carbocycles. The molecule has 0 aromatic heterocycles. The predicted molar refractivity (Wildman–Crippen MR) is 42.1 cm³/mol. The Morgan fingerprint density at radius 2 is 2.36 bits per heavy atom. The number of rotatable bonds is 4. The van der Waals surface area contributed by atoms with Gasteiger partial charge in [-0.25, -0.2) is 4.79 Å². The van der Waals surface area contributed by atoms with Crippen molar-refractivity contribution in [3.8, 4) is 0 Å². The van der Waals surface area contributed by atoms with Gasteiger partial charge in [0, 0.05) is 25.9 Å². The van der Waals surface area contributed by atoms with Crippen LogP contribution in [0.3, 0.4) is 0 Å². The smallest absolute Gasteiger partial charge is 0.329 e. The molecule has 3 nitrogen and oxygen atoms in total. The van der Waals surface area contributed by atoms with E-state index < -0.39 is 5.97 Å². The van der Waals surface area contributed by atoms with Gasteiger partial charge in [-0.05, 0) is 18.8 Å². The molecule has 0 bridgehead atoms. The summed E-state index contributed by atoms with van der Waals surface area (Å²) in [6, 6.07) is 0. The first-order chi connectivity index (χ1) is 5.18. The van der Waals surface area contributed by atoms with Crippen molar-refractivity contribution in [2.75, 3.05) is 13.6 Å². The molecule has 1 rings (SSSR count). The van der Waals surface area contributed by atoms with Crippen molar-refractivity contribution in [2.45, 2.75) is 12.8 Å². The van der Waals surface area contributed by atoms with Crippen LogP contribution in [0.15, 0.2) is 12.3 Å². The van der Waals surface area contributed by atoms with Crippen LogP contribution in [0.2, 0.25) is 0 Å². The molecule has 1 saturated carbocycles. The lowest BCUT2D eigenvalue weighted by Crippen LogP contribution is -2.14. The zero-order valence-electron chi connectivity index (χ0n) is 6.66. The number of hydrogen-bond donors (Lipinski definition) is 1. The molecular formula is C8H13NO2. The van der Waals surface area contributed by atoms with E-state index in [0.29, 0.717) is 0 Å². The van der Waals surface area contributed by atoms with E-state index in [2.05, 4.69) is 0 Å². The Labute approximate surface area is 66.3 Å². The average molecular weight is 155 g/mol. The number of aliphatic carboxylic acids is 1. The topological polar surface area (TPSA) is 40.5 Å². The molecule has 3 heteroatoms. The summed E-state index contributed by atoms with van der Waals surface area (Å²) in [5.74, 6) is -0.0777. The average Bonchev–Trinajstić information content (AvgIpc) is 2.67. The Kier molecular flexibility index (Phi) is 2.52. The van der Waals surface area contributed by atoms with Gasteiger partial charge in [0.25, 0.3) is 0 Å². The van der Waals surface area contributed by atoms with Gasteiger partial charge in [0.05, 0.1) is 0 Å². The maximum Gasteiger partial charge on any atom is 0.329 e. The summed E-state index contributed by atoms with van der Waals surface area (Å²) in [4.78, 5) is 12.0. The van der Waals surface area contributed by atoms with E-state index in [4.69, 9.17) is 5.11 Å². The lowest BCUT2D eigenvalue weighted by atomic mass is 10.4. The van der Waals surface area contributed by atoms with E-state index in [1.807, 2.05) is 11.9 Å². The molecule has 0 unspecified atom stereocenters. The van der Waals surface area contributed by atoms with E-state index >= 15 is 0 Å². The molecule has 0 atom stereocenters. The molecule has 1 aliphatic rings. The highest BCUT2D eigenvalue weighted by Gasteiger charge is 2.21. The highest BCUT2D eigenvalue weighted by atomic mass is 16.4. The van der Waals surface area contributed by atoms with Gasteiger partial charge < -0.3 is 10.0 Å². The fourth-order valence-corrected chi connectivity index (χ4v) is 0.960. The van der Waals surface area contributed by atoms with Crippen LogP contribution in [-0.2, 0) is 4.79 Å². The third-order valence-corrected chi connectivity index (χ3v) is 1.71. The van der Waals surface area contributed by atoms with Crippen LogP contribution in [0.4, 0.5) is 0 Å². The van der Waals surface area contributed by atoms with Gasteiger partial charge in [0.15, 0.2) is 0 Å². The van der Waals surface area contributed by atoms with Crippen molar-refractivity contribution in [2.24, 2.45) is 5.92 Å². The highest BCUT2D eigenvalue weighted by molar-refractivity contribution is 5.79. The van der Waals surface area contributed by atoms with Crippen molar-refractivity contribution in [3.63, 3.8) is 0 Å². The largest absolute Gasteiger partial charge is 0.478 e. The minimum atomic E-state index is -0.882. The van der Waals surface area contributed by atoms with Gasteiger partial charge >= 0.3 is 5.97 Å². The molecule has 1 N–H and O–H groups in total. The maximum atomic E-state index is 10.1. The molecule has 0 radical (unpaired) electrons. The monoisotopic (exact) mass is 155 g/mol. The number of carboxylic acid groups (broad SMARTS) is 1. The van der Waals surface area contributed by atoms with Crippen molar-refractivity contribution < 1.29 is 9.90 Å². The van der Waals surface area contributed by atoms with Gasteiger partial charge in [-0.1, -0.05) is 0 Å². The number of hydrogen-bond acceptors (Lipinski definition) is 2. The minimum Gasteiger partial charge on any atom is -0.478 e. The summed E-state index contributed by atoms with van der Waals surface area (Å²) < 4.78 is 0. The van der Waals surface area contributed by atoms with Crippen LogP contribution in [0, 0.1) is 5.92 Å². The van der Waals surface area contributed by atoms with Crippen LogP contribution in [0.5, 0.6) is 0 Å². The number of carboxylic acids is 1. The van der Waals surface area contributed by atoms with Crippen LogP contribution in [0.1, 0.15) is 12.8 Å². The molecule has 62 valence electrons. The van der Waals surface area contributed by atoms with Gasteiger partial charge in [-0.15, -0.1) is 0 Å². The first kappa shape index (κ1) is 8.11. The summed E-state index contributed by atoms with van der Waals surface area (Å²) in [6.45, 7) is 0.990. The van der Waals surface area contributed by atoms with E-state index in [1.165, 1.54) is 18.9 Å². The fraction of sp³-hybridized carbons (Fsp3) is 0.625. The van der Waals surface area contributed by atoms with Gasteiger partial charge in [-0.3, -0.25) is 0 Å². The second kappa shape index (κ2) is 3.42. The molecule has 11 heavy (non-hydrogen) atoms. The van der Waals surface area contributed by atoms with Gasteiger partial charge in [-0.2, -0.15) is 0 Å². The van der Waals surface area contributed by atoms with E-state index in [-0.39, 0.29) is 0 Å². The summed E-state index contributed by atoms with van der Waals surface area (Å²) >= 11 is 0. The summed E-state index contributed by atoms with van der Waals surface area (Å²) in [6.07, 6.45) is 5.37. The molecule has 1 fully saturated rings. The van der Waals surface area contributed by atoms with Crippen LogP contribution in [0.25, 0.3) is 0 Å². The summed E-state index contributed by atoms with van der Waals surface area (Å²) in [7, 11) is 1.90. The second-order valence-corrected chi connectivity index (χ2v) is 3.04. The molecule has 0 heterocycles. The maximum absolute atomic E-state index is 10.1. The standard InChI is InChI=1S/C8H13NO2/c1-9(5-4-8(10)11)6-7-2-3-7/h4-5,7H,2-3,6H2,1H3,(H,10,11). The zero-order valence-corrected chi connectivity index (χ0v) is 6.66. The molecule has 0 spiro atoms. The van der Waals surface area contributed by atoms with Crippen molar-refractivity contribution in [1.29, 1.82) is 0 Å². The van der Waals surface area contributed by atoms with Gasteiger partial charge in [0.2, 0.25) is 0 Å². The van der Waals surface area contributed by atoms with Crippen molar-refractivity contribution in [1.82, 2.24) is 4.90 Å². The third kappa shape index (κ3) is 3.65. The summed E-state index contributed by atoms with van der Waals surface area (Å²) in [5, 5.41) is 8.30. The second-order valence-electron chi connectivity index (χ2n) is 3.04. The van der Waals surface area contributed by atoms with Crippen molar-refractivity contribution in [3.05, 3.63) is 12.3 Å². The number of nitrogens with zero attached hydrogens (tertiary/aromatic N) is 1. The van der Waals surface area contributed by atoms with Crippen LogP contribution < -0.4 is 0 Å². The lowest BCUT2D eigenvalue weighted by molar-refractivity contribution is -0.131. The number of carbonyl (C=O) groups is 1. The molecular weight excluding hydrogens is 142 g/mol. The summed E-state index contributed by atoms with van der Waals surface area (Å²) in [5.41, 5.74) is 0. The van der Waals surface area contributed by atoms with Crippen LogP contribution in [-0.4, -0.2) is 29.6 Å². The highest BCUT2D eigenvalue weighted by Crippen LogP contribution is 2.29. The SMILES string of the molecule is CN(C=CC(=O)O)CC1CC1. The van der Waals surface area contributed by atoms with E-state index in [1.54, 1.807) is 6.20 Å². The Balaban J connectivity index is 2.17. The molecule has 0 aromatic carbocycles. The molecule has 0 aliphatic heterocycles. The predicted octanol–water partition coefficient (Wildman–Crippen LogP) is 0.927. The first-order valence-electron chi connectivity index (χ1n) is 3.80. The van der Waals surface area contributed by atoms with E-state index in [0.717, 1.165) is 12.5 Å². The molecule has 0 amide bonds. The van der Waals surface area contributed by atoms with E-state index in [9.17, 15) is 4.79 Å². The minimum absolute atomic E-state index is 0.804. The zero-order chi connectivity index (χ0) is 8.27. The first-order valence-corrected chi connectivity index (χ1v) is 3.80. The van der Waals surface area contributed by atoms with Crippen LogP contribution >= 0.6 is 0 Å².